The third kappa shape index (κ3) is 3.16. The SMILES string of the molecule is CCOC(=O)/C1=C/N(C(C)C)CCc2[nH]c3ccc(F)cc3c2C1. The lowest BCUT2D eigenvalue weighted by Crippen LogP contribution is -2.31. The number of H-pyrrole nitrogens is 1. The molecule has 0 saturated carbocycles. The Morgan fingerprint density at radius 3 is 2.92 bits per heavy atom. The van der Waals surface area contributed by atoms with Gasteiger partial charge in [-0.1, -0.05) is 0 Å². The van der Waals surface area contributed by atoms with E-state index in [9.17, 15) is 9.18 Å². The molecule has 0 atom stereocenters. The number of nitrogens with zero attached hydrogens (tertiary/aromatic N) is 1. The summed E-state index contributed by atoms with van der Waals surface area (Å²) < 4.78 is 18.9. The fourth-order valence-electron chi connectivity index (χ4n) is 3.19. The van der Waals surface area contributed by atoms with E-state index in [2.05, 4.69) is 23.7 Å². The summed E-state index contributed by atoms with van der Waals surface area (Å²) in [4.78, 5) is 17.9. The number of ether oxygens (including phenoxy) is 1. The number of benzene rings is 1. The Balaban J connectivity index is 2.08. The summed E-state index contributed by atoms with van der Waals surface area (Å²) in [5, 5.41) is 0.846. The molecule has 0 unspecified atom stereocenters. The minimum atomic E-state index is -0.304. The summed E-state index contributed by atoms with van der Waals surface area (Å²) in [7, 11) is 0. The number of nitrogens with one attached hydrogen (secondary N) is 1. The van der Waals surface area contributed by atoms with Crippen LogP contribution in [0, 0.1) is 5.82 Å². The number of esters is 1. The monoisotopic (exact) mass is 330 g/mol. The molecule has 24 heavy (non-hydrogen) atoms. The molecule has 0 spiro atoms. The van der Waals surface area contributed by atoms with Crippen molar-refractivity contribution in [2.24, 2.45) is 0 Å². The maximum Gasteiger partial charge on any atom is 0.335 e. The molecule has 4 nitrogen and oxygen atoms in total. The predicted octanol–water partition coefficient (Wildman–Crippen LogP) is 3.56. The molecule has 3 rings (SSSR count). The van der Waals surface area contributed by atoms with Gasteiger partial charge < -0.3 is 14.6 Å². The molecule has 1 aliphatic heterocycles. The number of hydrogen-bond acceptors (Lipinski definition) is 3. The zero-order valence-electron chi connectivity index (χ0n) is 14.4. The second-order valence-electron chi connectivity index (χ2n) is 6.41. The molecule has 2 heterocycles. The fraction of sp³-hybridized carbons (Fsp3) is 0.421. The molecule has 2 aromatic rings. The molecular weight excluding hydrogens is 307 g/mol. The first-order chi connectivity index (χ1) is 11.5. The number of fused-ring (bicyclic) bond motifs is 3. The molecule has 0 saturated heterocycles. The predicted molar refractivity (Wildman–Crippen MR) is 92.2 cm³/mol. The first-order valence-electron chi connectivity index (χ1n) is 8.42. The van der Waals surface area contributed by atoms with Crippen LogP contribution in [0.1, 0.15) is 32.0 Å². The summed E-state index contributed by atoms with van der Waals surface area (Å²) >= 11 is 0. The highest BCUT2D eigenvalue weighted by Gasteiger charge is 2.22. The van der Waals surface area contributed by atoms with Crippen molar-refractivity contribution < 1.29 is 13.9 Å². The van der Waals surface area contributed by atoms with Crippen LogP contribution in [0.3, 0.4) is 0 Å². The average molecular weight is 330 g/mol. The van der Waals surface area contributed by atoms with Gasteiger partial charge in [-0.15, -0.1) is 0 Å². The zero-order chi connectivity index (χ0) is 17.3. The van der Waals surface area contributed by atoms with Gasteiger partial charge in [0.2, 0.25) is 0 Å². The van der Waals surface area contributed by atoms with Crippen LogP contribution in [0.15, 0.2) is 30.0 Å². The molecule has 1 aromatic carbocycles. The summed E-state index contributed by atoms with van der Waals surface area (Å²) in [5.41, 5.74) is 3.57. The van der Waals surface area contributed by atoms with Crippen LogP contribution in [0.2, 0.25) is 0 Å². The first-order valence-corrected chi connectivity index (χ1v) is 8.42. The van der Waals surface area contributed by atoms with E-state index in [1.54, 1.807) is 13.0 Å². The lowest BCUT2D eigenvalue weighted by atomic mass is 9.99. The molecule has 0 radical (unpaired) electrons. The van der Waals surface area contributed by atoms with Crippen molar-refractivity contribution >= 4 is 16.9 Å². The Kier molecular flexibility index (Phi) is 4.60. The number of hydrogen-bond donors (Lipinski definition) is 1. The third-order valence-electron chi connectivity index (χ3n) is 4.47. The number of aromatic nitrogens is 1. The van der Waals surface area contributed by atoms with Gasteiger partial charge in [0, 0.05) is 48.2 Å². The molecule has 5 heteroatoms. The maximum atomic E-state index is 13.7. The van der Waals surface area contributed by atoms with Crippen molar-refractivity contribution in [3.05, 3.63) is 47.0 Å². The van der Waals surface area contributed by atoms with Crippen molar-refractivity contribution in [2.45, 2.75) is 39.7 Å². The van der Waals surface area contributed by atoms with Gasteiger partial charge in [0.1, 0.15) is 5.82 Å². The van der Waals surface area contributed by atoms with Crippen LogP contribution >= 0.6 is 0 Å². The van der Waals surface area contributed by atoms with Crippen molar-refractivity contribution in [3.63, 3.8) is 0 Å². The highest BCUT2D eigenvalue weighted by molar-refractivity contribution is 5.92. The van der Waals surface area contributed by atoms with E-state index in [0.29, 0.717) is 18.6 Å². The highest BCUT2D eigenvalue weighted by Crippen LogP contribution is 2.28. The smallest absolute Gasteiger partial charge is 0.335 e. The second kappa shape index (κ2) is 6.67. The Morgan fingerprint density at radius 2 is 2.21 bits per heavy atom. The topological polar surface area (TPSA) is 45.3 Å². The van der Waals surface area contributed by atoms with Crippen molar-refractivity contribution in [2.75, 3.05) is 13.2 Å². The first kappa shape index (κ1) is 16.6. The van der Waals surface area contributed by atoms with Crippen LogP contribution < -0.4 is 0 Å². The van der Waals surface area contributed by atoms with Crippen molar-refractivity contribution in [3.8, 4) is 0 Å². The van der Waals surface area contributed by atoms with Gasteiger partial charge in [0.15, 0.2) is 0 Å². The van der Waals surface area contributed by atoms with E-state index in [-0.39, 0.29) is 17.8 Å². The van der Waals surface area contributed by atoms with Crippen LogP contribution in [0.25, 0.3) is 10.9 Å². The quantitative estimate of drug-likeness (QED) is 0.875. The summed E-state index contributed by atoms with van der Waals surface area (Å²) in [6.07, 6.45) is 3.18. The highest BCUT2D eigenvalue weighted by atomic mass is 19.1. The number of carbonyl (C=O) groups is 1. The van der Waals surface area contributed by atoms with Gasteiger partial charge in [-0.3, -0.25) is 0 Å². The van der Waals surface area contributed by atoms with Crippen LogP contribution in [0.4, 0.5) is 4.39 Å². The lowest BCUT2D eigenvalue weighted by Gasteiger charge is -2.28. The molecule has 1 aliphatic rings. The van der Waals surface area contributed by atoms with E-state index in [0.717, 1.165) is 35.1 Å². The van der Waals surface area contributed by atoms with E-state index in [1.807, 2.05) is 6.20 Å². The largest absolute Gasteiger partial charge is 0.463 e. The normalized spacial score (nSPS) is 17.2. The molecule has 1 aromatic heterocycles. The second-order valence-corrected chi connectivity index (χ2v) is 6.41. The average Bonchev–Trinajstić information content (AvgIpc) is 2.83. The number of halogens is 1. The van der Waals surface area contributed by atoms with Crippen molar-refractivity contribution in [1.29, 1.82) is 0 Å². The van der Waals surface area contributed by atoms with Crippen LogP contribution in [0.5, 0.6) is 0 Å². The number of aromatic amines is 1. The standard InChI is InChI=1S/C19H23FN2O2/c1-4-24-19(23)13-9-15-16-10-14(20)5-6-17(16)21-18(15)7-8-22(11-13)12(2)3/h5-6,10-12,21H,4,7-9H2,1-3H3/b13-11+. The van der Waals surface area contributed by atoms with E-state index in [4.69, 9.17) is 4.74 Å². The number of carbonyl (C=O) groups excluding carboxylic acids is 1. The summed E-state index contributed by atoms with van der Waals surface area (Å²) in [6, 6.07) is 5.03. The zero-order valence-corrected chi connectivity index (χ0v) is 14.4. The molecule has 0 amide bonds. The molecule has 128 valence electrons. The maximum absolute atomic E-state index is 13.7. The van der Waals surface area contributed by atoms with Gasteiger partial charge in [0.25, 0.3) is 0 Å². The van der Waals surface area contributed by atoms with Gasteiger partial charge >= 0.3 is 5.97 Å². The fourth-order valence-corrected chi connectivity index (χ4v) is 3.19. The Bertz CT molecular complexity index is 792. The van der Waals surface area contributed by atoms with E-state index in [1.165, 1.54) is 12.1 Å². The summed E-state index contributed by atoms with van der Waals surface area (Å²) in [5.74, 6) is -0.571. The summed E-state index contributed by atoms with van der Waals surface area (Å²) in [6.45, 7) is 7.13. The van der Waals surface area contributed by atoms with Crippen LogP contribution in [-0.2, 0) is 22.4 Å². The third-order valence-corrected chi connectivity index (χ3v) is 4.47. The van der Waals surface area contributed by atoms with E-state index >= 15 is 0 Å². The lowest BCUT2D eigenvalue weighted by molar-refractivity contribution is -0.138. The van der Waals surface area contributed by atoms with Crippen LogP contribution in [-0.4, -0.2) is 35.0 Å². The molecule has 0 aliphatic carbocycles. The molecule has 0 fully saturated rings. The van der Waals surface area contributed by atoms with E-state index < -0.39 is 0 Å². The Morgan fingerprint density at radius 1 is 1.42 bits per heavy atom. The minimum Gasteiger partial charge on any atom is -0.463 e. The minimum absolute atomic E-state index is 0.267. The van der Waals surface area contributed by atoms with Gasteiger partial charge in [-0.05, 0) is 44.5 Å². The molecule has 1 N–H and O–H groups in total. The Labute approximate surface area is 141 Å². The van der Waals surface area contributed by atoms with Gasteiger partial charge in [-0.25, -0.2) is 9.18 Å². The molecule has 0 bridgehead atoms. The molecular formula is C19H23FN2O2. The van der Waals surface area contributed by atoms with Gasteiger partial charge in [0.05, 0.1) is 12.2 Å². The Hall–Kier alpha value is -2.30. The van der Waals surface area contributed by atoms with Gasteiger partial charge in [-0.2, -0.15) is 0 Å². The van der Waals surface area contributed by atoms with Crippen molar-refractivity contribution in [1.82, 2.24) is 9.88 Å². The number of rotatable bonds is 3.